The lowest BCUT2D eigenvalue weighted by Crippen LogP contribution is -2.47. The summed E-state index contributed by atoms with van der Waals surface area (Å²) in [6.07, 6.45) is 5.57. The fourth-order valence-electron chi connectivity index (χ4n) is 5.01. The zero-order valence-corrected chi connectivity index (χ0v) is 18.7. The molecule has 1 saturated carbocycles. The molecule has 31 heavy (non-hydrogen) atoms. The minimum Gasteiger partial charge on any atom is -0.481 e. The second-order valence-corrected chi connectivity index (χ2v) is 10.0. The average Bonchev–Trinajstić information content (AvgIpc) is 3.08. The van der Waals surface area contributed by atoms with E-state index in [0.717, 1.165) is 28.8 Å². The van der Waals surface area contributed by atoms with Crippen molar-refractivity contribution in [2.24, 2.45) is 23.7 Å². The smallest absolute Gasteiger partial charge is 0.307 e. The summed E-state index contributed by atoms with van der Waals surface area (Å²) in [4.78, 5) is 26.0. The maximum Gasteiger partial charge on any atom is 0.307 e. The number of rotatable bonds is 5. The standard InChI is InChI=1S/C25H26N2O3S/c1-13(2)15-4-6-16(7-5-15)20-14(3)31-24(19(20)12-26)27-23(28)21-17-8-10-18(11-9-17)22(21)25(29)30/h4-8,10,13,17-18,21-22H,9,11H2,1-3H3,(H,27,28)(H,29,30). The Morgan fingerprint density at radius 3 is 2.26 bits per heavy atom. The number of nitrogens with zero attached hydrogens (tertiary/aromatic N) is 1. The van der Waals surface area contributed by atoms with Crippen molar-refractivity contribution >= 4 is 28.2 Å². The van der Waals surface area contributed by atoms with Gasteiger partial charge in [0.25, 0.3) is 0 Å². The molecule has 6 heteroatoms. The Bertz CT molecular complexity index is 1090. The van der Waals surface area contributed by atoms with E-state index in [1.165, 1.54) is 16.9 Å². The molecule has 0 spiro atoms. The molecule has 1 amide bonds. The van der Waals surface area contributed by atoms with E-state index in [2.05, 4.69) is 37.4 Å². The van der Waals surface area contributed by atoms with Crippen LogP contribution in [0, 0.1) is 41.9 Å². The molecule has 0 radical (unpaired) electrons. The van der Waals surface area contributed by atoms with E-state index in [0.29, 0.717) is 16.5 Å². The number of hydrogen-bond acceptors (Lipinski definition) is 4. The normalized spacial score (nSPS) is 24.2. The number of carboxylic acid groups (broad SMARTS) is 1. The first-order valence-corrected chi connectivity index (χ1v) is 11.5. The SMILES string of the molecule is Cc1sc(NC(=O)C2C3C=CC(CC3)C2C(=O)O)c(C#N)c1-c1ccc(C(C)C)cc1. The van der Waals surface area contributed by atoms with Crippen LogP contribution in [0.2, 0.25) is 0 Å². The summed E-state index contributed by atoms with van der Waals surface area (Å²) in [6.45, 7) is 6.21. The molecule has 3 aliphatic rings. The first kappa shape index (κ1) is 21.3. The van der Waals surface area contributed by atoms with Gasteiger partial charge in [-0.05, 0) is 48.6 Å². The molecular weight excluding hydrogens is 408 g/mol. The summed E-state index contributed by atoms with van der Waals surface area (Å²) in [6, 6.07) is 10.4. The number of nitrogens with one attached hydrogen (secondary N) is 1. The lowest BCUT2D eigenvalue weighted by Gasteiger charge is -2.41. The molecule has 1 heterocycles. The van der Waals surface area contributed by atoms with Crippen molar-refractivity contribution in [2.75, 3.05) is 5.32 Å². The lowest BCUT2D eigenvalue weighted by molar-refractivity contribution is -0.151. The molecule has 0 aliphatic heterocycles. The second kappa shape index (κ2) is 8.32. The van der Waals surface area contributed by atoms with Crippen LogP contribution in [-0.4, -0.2) is 17.0 Å². The third-order valence-electron chi connectivity index (χ3n) is 6.64. The fraction of sp³-hybridized carbons (Fsp3) is 0.400. The number of aryl methyl sites for hydroxylation is 1. The number of benzene rings is 1. The number of nitriles is 1. The summed E-state index contributed by atoms with van der Waals surface area (Å²) in [5.74, 6) is -2.29. The number of aliphatic carboxylic acids is 1. The van der Waals surface area contributed by atoms with Crippen molar-refractivity contribution in [3.8, 4) is 17.2 Å². The molecule has 2 aromatic rings. The van der Waals surface area contributed by atoms with Crippen molar-refractivity contribution in [1.82, 2.24) is 0 Å². The van der Waals surface area contributed by atoms with E-state index in [1.54, 1.807) is 0 Å². The van der Waals surface area contributed by atoms with Gasteiger partial charge in [0.05, 0.1) is 17.4 Å². The van der Waals surface area contributed by atoms with E-state index in [-0.39, 0.29) is 17.7 Å². The summed E-state index contributed by atoms with van der Waals surface area (Å²) in [5.41, 5.74) is 3.44. The molecule has 3 aliphatic carbocycles. The van der Waals surface area contributed by atoms with Crippen molar-refractivity contribution in [3.05, 3.63) is 52.4 Å². The van der Waals surface area contributed by atoms with E-state index >= 15 is 0 Å². The molecule has 5 rings (SSSR count). The molecule has 2 N–H and O–H groups in total. The molecule has 2 bridgehead atoms. The van der Waals surface area contributed by atoms with E-state index in [9.17, 15) is 20.0 Å². The highest BCUT2D eigenvalue weighted by molar-refractivity contribution is 7.17. The monoisotopic (exact) mass is 434 g/mol. The number of thiophene rings is 1. The number of carbonyl (C=O) groups excluding carboxylic acids is 1. The van der Waals surface area contributed by atoms with Crippen molar-refractivity contribution in [3.63, 3.8) is 0 Å². The maximum atomic E-state index is 13.2. The Balaban J connectivity index is 1.64. The first-order valence-electron chi connectivity index (χ1n) is 10.7. The highest BCUT2D eigenvalue weighted by atomic mass is 32.1. The number of allylic oxidation sites excluding steroid dienone is 2. The Morgan fingerprint density at radius 2 is 1.74 bits per heavy atom. The molecule has 1 aromatic carbocycles. The third-order valence-corrected chi connectivity index (χ3v) is 7.66. The highest BCUT2D eigenvalue weighted by Gasteiger charge is 2.48. The topological polar surface area (TPSA) is 90.2 Å². The van der Waals surface area contributed by atoms with Gasteiger partial charge in [0.1, 0.15) is 11.1 Å². The van der Waals surface area contributed by atoms with Crippen LogP contribution >= 0.6 is 11.3 Å². The third kappa shape index (κ3) is 3.79. The van der Waals surface area contributed by atoms with Gasteiger partial charge in [-0.1, -0.05) is 50.3 Å². The van der Waals surface area contributed by atoms with Crippen LogP contribution in [0.25, 0.3) is 11.1 Å². The average molecular weight is 435 g/mol. The molecule has 1 fully saturated rings. The molecular formula is C25H26N2O3S. The van der Waals surface area contributed by atoms with Gasteiger partial charge in [0, 0.05) is 10.4 Å². The summed E-state index contributed by atoms with van der Waals surface area (Å²) in [5, 5.41) is 23.1. The highest BCUT2D eigenvalue weighted by Crippen LogP contribution is 2.46. The fourth-order valence-corrected chi connectivity index (χ4v) is 6.03. The maximum absolute atomic E-state index is 13.2. The van der Waals surface area contributed by atoms with Gasteiger partial charge in [-0.15, -0.1) is 11.3 Å². The van der Waals surface area contributed by atoms with Gasteiger partial charge in [-0.25, -0.2) is 0 Å². The summed E-state index contributed by atoms with van der Waals surface area (Å²) in [7, 11) is 0. The van der Waals surface area contributed by atoms with E-state index in [1.807, 2.05) is 31.2 Å². The molecule has 160 valence electrons. The number of hydrogen-bond donors (Lipinski definition) is 2. The van der Waals surface area contributed by atoms with Gasteiger partial charge >= 0.3 is 5.97 Å². The first-order chi connectivity index (χ1) is 14.8. The Kier molecular flexibility index (Phi) is 5.72. The minimum absolute atomic E-state index is 0.0688. The van der Waals surface area contributed by atoms with Crippen molar-refractivity contribution in [1.29, 1.82) is 5.26 Å². The number of anilines is 1. The van der Waals surface area contributed by atoms with Gasteiger partial charge in [0.2, 0.25) is 5.91 Å². The van der Waals surface area contributed by atoms with Gasteiger partial charge in [-0.2, -0.15) is 5.26 Å². The van der Waals surface area contributed by atoms with Crippen LogP contribution in [0.1, 0.15) is 48.6 Å². The number of amides is 1. The van der Waals surface area contributed by atoms with Gasteiger partial charge in [-0.3, -0.25) is 9.59 Å². The Labute approximate surface area is 186 Å². The van der Waals surface area contributed by atoms with Gasteiger partial charge < -0.3 is 10.4 Å². The molecule has 4 unspecified atom stereocenters. The van der Waals surface area contributed by atoms with Crippen LogP contribution < -0.4 is 5.32 Å². The van der Waals surface area contributed by atoms with Gasteiger partial charge in [0.15, 0.2) is 0 Å². The molecule has 5 nitrogen and oxygen atoms in total. The zero-order chi connectivity index (χ0) is 22.3. The van der Waals surface area contributed by atoms with E-state index in [4.69, 9.17) is 0 Å². The molecule has 0 saturated heterocycles. The van der Waals surface area contributed by atoms with Crippen LogP contribution in [0.4, 0.5) is 5.00 Å². The summed E-state index contributed by atoms with van der Waals surface area (Å²) >= 11 is 1.37. The second-order valence-electron chi connectivity index (χ2n) is 8.79. The zero-order valence-electron chi connectivity index (χ0n) is 17.9. The molecule has 1 aromatic heterocycles. The number of carboxylic acids is 1. The minimum atomic E-state index is -0.923. The van der Waals surface area contributed by atoms with Crippen LogP contribution in [-0.2, 0) is 9.59 Å². The van der Waals surface area contributed by atoms with Crippen molar-refractivity contribution < 1.29 is 14.7 Å². The van der Waals surface area contributed by atoms with Crippen LogP contribution in [0.15, 0.2) is 36.4 Å². The van der Waals surface area contributed by atoms with Crippen molar-refractivity contribution in [2.45, 2.75) is 39.5 Å². The quantitative estimate of drug-likeness (QED) is 0.602. The predicted molar refractivity (Wildman–Crippen MR) is 122 cm³/mol. The summed E-state index contributed by atoms with van der Waals surface area (Å²) < 4.78 is 0. The van der Waals surface area contributed by atoms with Crippen LogP contribution in [0.5, 0.6) is 0 Å². The largest absolute Gasteiger partial charge is 0.481 e. The number of carbonyl (C=O) groups is 2. The molecule has 4 atom stereocenters. The predicted octanol–water partition coefficient (Wildman–Crippen LogP) is 5.57. The van der Waals surface area contributed by atoms with E-state index < -0.39 is 17.8 Å². The Morgan fingerprint density at radius 1 is 1.13 bits per heavy atom. The Hall–Kier alpha value is -2.91. The van der Waals surface area contributed by atoms with Crippen LogP contribution in [0.3, 0.4) is 0 Å². The lowest BCUT2D eigenvalue weighted by atomic mass is 9.62. The number of fused-ring (bicyclic) bond motifs is 2.